The Morgan fingerprint density at radius 3 is 2.30 bits per heavy atom. The lowest BCUT2D eigenvalue weighted by Gasteiger charge is -2.14. The van der Waals surface area contributed by atoms with Gasteiger partial charge in [0, 0.05) is 11.9 Å². The topological polar surface area (TPSA) is 73.2 Å². The monoisotopic (exact) mass is 401 g/mol. The minimum Gasteiger partial charge on any atom is -0.449 e. The van der Waals surface area contributed by atoms with E-state index in [0.29, 0.717) is 11.4 Å². The van der Waals surface area contributed by atoms with Crippen LogP contribution in [-0.4, -0.2) is 33.3 Å². The highest BCUT2D eigenvalue weighted by atomic mass is 32.2. The maximum atomic E-state index is 12.3. The van der Waals surface area contributed by atoms with Gasteiger partial charge in [0.25, 0.3) is 5.91 Å². The summed E-state index contributed by atoms with van der Waals surface area (Å²) >= 11 is -0.278. The van der Waals surface area contributed by atoms with E-state index in [1.165, 1.54) is 31.2 Å². The molecule has 0 aliphatic heterocycles. The van der Waals surface area contributed by atoms with Gasteiger partial charge in [-0.15, -0.1) is 0 Å². The molecule has 1 atom stereocenters. The smallest absolute Gasteiger partial charge is 0.446 e. The number of hydrogen-bond donors (Lipinski definition) is 1. The van der Waals surface area contributed by atoms with E-state index in [1.54, 1.807) is 25.6 Å². The summed E-state index contributed by atoms with van der Waals surface area (Å²) < 4.78 is 43.7. The summed E-state index contributed by atoms with van der Waals surface area (Å²) in [6.07, 6.45) is -1.10. The van der Waals surface area contributed by atoms with Gasteiger partial charge in [0.1, 0.15) is 0 Å². The molecular formula is C17H18F3N3O3S. The molecule has 6 nitrogen and oxygen atoms in total. The number of esters is 1. The fourth-order valence-electron chi connectivity index (χ4n) is 2.25. The summed E-state index contributed by atoms with van der Waals surface area (Å²) in [6.45, 7) is 4.93. The summed E-state index contributed by atoms with van der Waals surface area (Å²) in [5, 5.41) is 6.84. The van der Waals surface area contributed by atoms with Crippen LogP contribution in [0, 0.1) is 13.8 Å². The average Bonchev–Trinajstić information content (AvgIpc) is 2.80. The van der Waals surface area contributed by atoms with Crippen molar-refractivity contribution in [3.8, 4) is 0 Å². The number of nitrogens with one attached hydrogen (secondary N) is 1. The minimum absolute atomic E-state index is 0.0487. The van der Waals surface area contributed by atoms with Crippen LogP contribution in [-0.2, 0) is 16.6 Å². The third-order valence-corrected chi connectivity index (χ3v) is 4.47. The highest BCUT2D eigenvalue weighted by molar-refractivity contribution is 8.00. The fourth-order valence-corrected chi connectivity index (χ4v) is 2.79. The first-order valence-corrected chi connectivity index (χ1v) is 8.67. The molecule has 10 heteroatoms. The average molecular weight is 401 g/mol. The summed E-state index contributed by atoms with van der Waals surface area (Å²) in [5.74, 6) is -1.34. The van der Waals surface area contributed by atoms with Crippen LogP contribution in [0.25, 0.3) is 0 Å². The van der Waals surface area contributed by atoms with E-state index >= 15 is 0 Å². The molecule has 0 aliphatic carbocycles. The Balaban J connectivity index is 1.99. The lowest BCUT2D eigenvalue weighted by atomic mass is 10.2. The molecule has 146 valence electrons. The molecule has 0 saturated carbocycles. The number of carbonyl (C=O) groups excluding carboxylic acids is 2. The molecule has 1 amide bonds. The van der Waals surface area contributed by atoms with E-state index in [0.717, 1.165) is 5.69 Å². The number of aromatic nitrogens is 2. The molecule has 2 aromatic rings. The van der Waals surface area contributed by atoms with Crippen LogP contribution in [0.2, 0.25) is 0 Å². The quantitative estimate of drug-likeness (QED) is 0.609. The van der Waals surface area contributed by atoms with Crippen LogP contribution in [0.1, 0.15) is 28.7 Å². The highest BCUT2D eigenvalue weighted by Crippen LogP contribution is 2.36. The molecule has 27 heavy (non-hydrogen) atoms. The van der Waals surface area contributed by atoms with Gasteiger partial charge in [-0.3, -0.25) is 9.48 Å². The van der Waals surface area contributed by atoms with Crippen molar-refractivity contribution in [2.24, 2.45) is 7.05 Å². The summed E-state index contributed by atoms with van der Waals surface area (Å²) in [4.78, 5) is 24.3. The first kappa shape index (κ1) is 20.8. The van der Waals surface area contributed by atoms with Gasteiger partial charge in [0.15, 0.2) is 6.10 Å². The second-order valence-electron chi connectivity index (χ2n) is 5.78. The number of hydrogen-bond acceptors (Lipinski definition) is 5. The molecule has 1 aromatic carbocycles. The lowest BCUT2D eigenvalue weighted by molar-refractivity contribution is -0.123. The van der Waals surface area contributed by atoms with Crippen molar-refractivity contribution in [3.63, 3.8) is 0 Å². The second-order valence-corrected chi connectivity index (χ2v) is 6.92. The summed E-state index contributed by atoms with van der Waals surface area (Å²) in [5.41, 5.74) is -2.44. The number of amides is 1. The third-order valence-electron chi connectivity index (χ3n) is 3.73. The van der Waals surface area contributed by atoms with Gasteiger partial charge in [-0.05, 0) is 56.8 Å². The van der Waals surface area contributed by atoms with Crippen LogP contribution < -0.4 is 5.32 Å². The maximum Gasteiger partial charge on any atom is 0.446 e. The van der Waals surface area contributed by atoms with Crippen molar-refractivity contribution in [3.05, 3.63) is 41.2 Å². The van der Waals surface area contributed by atoms with Gasteiger partial charge >= 0.3 is 11.5 Å². The number of aryl methyl sites for hydroxylation is 2. The molecular weight excluding hydrogens is 383 g/mol. The highest BCUT2D eigenvalue weighted by Gasteiger charge is 2.29. The summed E-state index contributed by atoms with van der Waals surface area (Å²) in [6, 6.07) is 4.77. The van der Waals surface area contributed by atoms with E-state index in [-0.39, 0.29) is 22.2 Å². The molecule has 1 heterocycles. The Hall–Kier alpha value is -2.49. The number of alkyl halides is 3. The molecule has 1 aromatic heterocycles. The van der Waals surface area contributed by atoms with Gasteiger partial charge in [-0.25, -0.2) is 4.79 Å². The van der Waals surface area contributed by atoms with Crippen molar-refractivity contribution in [1.82, 2.24) is 9.78 Å². The third kappa shape index (κ3) is 5.49. The van der Waals surface area contributed by atoms with Gasteiger partial charge in [-0.2, -0.15) is 18.3 Å². The Kier molecular flexibility index (Phi) is 6.19. The van der Waals surface area contributed by atoms with Crippen LogP contribution in [0.4, 0.5) is 18.9 Å². The van der Waals surface area contributed by atoms with Crippen molar-refractivity contribution in [2.75, 3.05) is 5.32 Å². The number of carbonyl (C=O) groups is 2. The van der Waals surface area contributed by atoms with Gasteiger partial charge in [0.05, 0.1) is 22.6 Å². The number of benzene rings is 1. The number of anilines is 1. The molecule has 0 saturated heterocycles. The van der Waals surface area contributed by atoms with E-state index in [2.05, 4.69) is 10.4 Å². The number of halogens is 3. The Labute approximate surface area is 158 Å². The standard InChI is InChI=1S/C17H18F3N3O3S/c1-9-14(10(2)23(4)22-9)21-15(24)11(3)26-16(25)12-5-7-13(8-6-12)27-17(18,19)20/h5-8,11H,1-4H3,(H,21,24)/t11-/m0/s1. The van der Waals surface area contributed by atoms with E-state index in [1.807, 2.05) is 0 Å². The zero-order chi connectivity index (χ0) is 20.4. The van der Waals surface area contributed by atoms with Crippen molar-refractivity contribution >= 4 is 29.3 Å². The predicted molar refractivity (Wildman–Crippen MR) is 94.5 cm³/mol. The SMILES string of the molecule is Cc1nn(C)c(C)c1NC(=O)[C@H](C)OC(=O)c1ccc(SC(F)(F)F)cc1. The first-order chi connectivity index (χ1) is 12.5. The maximum absolute atomic E-state index is 12.3. The summed E-state index contributed by atoms with van der Waals surface area (Å²) in [7, 11) is 1.74. The van der Waals surface area contributed by atoms with Gasteiger partial charge in [0.2, 0.25) is 0 Å². The Morgan fingerprint density at radius 2 is 1.81 bits per heavy atom. The van der Waals surface area contributed by atoms with E-state index < -0.39 is 23.5 Å². The second kappa shape index (κ2) is 8.03. The van der Waals surface area contributed by atoms with Crippen LogP contribution in [0.5, 0.6) is 0 Å². The number of rotatable bonds is 5. The number of nitrogens with zero attached hydrogens (tertiary/aromatic N) is 2. The fraction of sp³-hybridized carbons (Fsp3) is 0.353. The minimum atomic E-state index is -4.41. The van der Waals surface area contributed by atoms with E-state index in [4.69, 9.17) is 4.74 Å². The first-order valence-electron chi connectivity index (χ1n) is 7.86. The van der Waals surface area contributed by atoms with E-state index in [9.17, 15) is 22.8 Å². The number of ether oxygens (including phenoxy) is 1. The van der Waals surface area contributed by atoms with Crippen molar-refractivity contribution < 1.29 is 27.5 Å². The van der Waals surface area contributed by atoms with Crippen LogP contribution in [0.3, 0.4) is 0 Å². The van der Waals surface area contributed by atoms with Crippen LogP contribution >= 0.6 is 11.8 Å². The normalized spacial score (nSPS) is 12.6. The predicted octanol–water partition coefficient (Wildman–Crippen LogP) is 3.83. The van der Waals surface area contributed by atoms with Gasteiger partial charge < -0.3 is 10.1 Å². The lowest BCUT2D eigenvalue weighted by Crippen LogP contribution is -2.30. The molecule has 0 spiro atoms. The molecule has 0 radical (unpaired) electrons. The van der Waals surface area contributed by atoms with Crippen molar-refractivity contribution in [1.29, 1.82) is 0 Å². The molecule has 2 rings (SSSR count). The Morgan fingerprint density at radius 1 is 1.22 bits per heavy atom. The van der Waals surface area contributed by atoms with Crippen LogP contribution in [0.15, 0.2) is 29.2 Å². The zero-order valence-corrected chi connectivity index (χ0v) is 15.9. The molecule has 0 unspecified atom stereocenters. The molecule has 0 fully saturated rings. The Bertz CT molecular complexity index is 848. The van der Waals surface area contributed by atoms with Crippen molar-refractivity contribution in [2.45, 2.75) is 37.3 Å². The molecule has 1 N–H and O–H groups in total. The molecule has 0 bridgehead atoms. The van der Waals surface area contributed by atoms with Gasteiger partial charge in [-0.1, -0.05) is 0 Å². The molecule has 0 aliphatic rings. The largest absolute Gasteiger partial charge is 0.449 e. The number of thioether (sulfide) groups is 1. The zero-order valence-electron chi connectivity index (χ0n) is 15.0.